The van der Waals surface area contributed by atoms with Gasteiger partial charge in [-0.05, 0) is 25.3 Å². The van der Waals surface area contributed by atoms with Crippen LogP contribution in [-0.2, 0) is 10.8 Å². The van der Waals surface area contributed by atoms with E-state index in [0.717, 1.165) is 23.8 Å². The third-order valence-corrected chi connectivity index (χ3v) is 3.46. The summed E-state index contributed by atoms with van der Waals surface area (Å²) in [5.41, 5.74) is 5.31. The molecule has 0 spiro atoms. The zero-order valence-electron chi connectivity index (χ0n) is 6.92. The van der Waals surface area contributed by atoms with Gasteiger partial charge in [-0.15, -0.1) is 0 Å². The summed E-state index contributed by atoms with van der Waals surface area (Å²) >= 11 is 0. The summed E-state index contributed by atoms with van der Waals surface area (Å²) in [4.78, 5) is 0. The van der Waals surface area contributed by atoms with Gasteiger partial charge in [0.15, 0.2) is 0 Å². The van der Waals surface area contributed by atoms with Crippen molar-refractivity contribution in [3.05, 3.63) is 0 Å². The maximum absolute atomic E-state index is 11.2. The second kappa shape index (κ2) is 4.88. The SMILES string of the molecule is NCCCS(=O)CCC1CC1. The van der Waals surface area contributed by atoms with Gasteiger partial charge < -0.3 is 5.73 Å². The molecule has 66 valence electrons. The van der Waals surface area contributed by atoms with E-state index in [0.29, 0.717) is 6.54 Å². The number of hydrogen-bond donors (Lipinski definition) is 1. The number of hydrogen-bond acceptors (Lipinski definition) is 2. The first-order valence-corrected chi connectivity index (χ1v) is 5.87. The second-order valence-corrected chi connectivity index (χ2v) is 4.92. The molecule has 1 aliphatic rings. The molecular formula is C8H17NOS. The van der Waals surface area contributed by atoms with Crippen LogP contribution in [0.1, 0.15) is 25.7 Å². The molecule has 0 aliphatic heterocycles. The molecule has 2 nitrogen and oxygen atoms in total. The predicted octanol–water partition coefficient (Wildman–Crippen LogP) is 0.884. The molecule has 1 saturated carbocycles. The van der Waals surface area contributed by atoms with E-state index in [1.54, 1.807) is 0 Å². The van der Waals surface area contributed by atoms with Crippen LogP contribution in [0, 0.1) is 5.92 Å². The van der Waals surface area contributed by atoms with Gasteiger partial charge in [0, 0.05) is 22.3 Å². The molecular weight excluding hydrogens is 158 g/mol. The highest BCUT2D eigenvalue weighted by molar-refractivity contribution is 7.84. The van der Waals surface area contributed by atoms with Gasteiger partial charge in [-0.2, -0.15) is 0 Å². The second-order valence-electron chi connectivity index (χ2n) is 3.22. The molecule has 0 aromatic heterocycles. The molecule has 11 heavy (non-hydrogen) atoms. The van der Waals surface area contributed by atoms with E-state index < -0.39 is 10.8 Å². The van der Waals surface area contributed by atoms with Crippen LogP contribution in [-0.4, -0.2) is 22.3 Å². The van der Waals surface area contributed by atoms with Gasteiger partial charge in [0.1, 0.15) is 0 Å². The maximum Gasteiger partial charge on any atom is 0.0246 e. The van der Waals surface area contributed by atoms with E-state index in [2.05, 4.69) is 0 Å². The van der Waals surface area contributed by atoms with Gasteiger partial charge in [0.25, 0.3) is 0 Å². The highest BCUT2D eigenvalue weighted by Crippen LogP contribution is 2.32. The fourth-order valence-electron chi connectivity index (χ4n) is 1.05. The Kier molecular flexibility index (Phi) is 4.08. The molecule has 0 radical (unpaired) electrons. The topological polar surface area (TPSA) is 43.1 Å². The zero-order chi connectivity index (χ0) is 8.10. The van der Waals surface area contributed by atoms with Crippen molar-refractivity contribution in [2.45, 2.75) is 25.7 Å². The monoisotopic (exact) mass is 175 g/mol. The van der Waals surface area contributed by atoms with Crippen LogP contribution in [0.3, 0.4) is 0 Å². The van der Waals surface area contributed by atoms with E-state index >= 15 is 0 Å². The lowest BCUT2D eigenvalue weighted by Gasteiger charge is -1.98. The van der Waals surface area contributed by atoms with Crippen molar-refractivity contribution in [1.29, 1.82) is 0 Å². The Balaban J connectivity index is 1.91. The zero-order valence-corrected chi connectivity index (χ0v) is 7.74. The van der Waals surface area contributed by atoms with E-state index in [9.17, 15) is 4.21 Å². The molecule has 1 aliphatic carbocycles. The Hall–Kier alpha value is 0.110. The lowest BCUT2D eigenvalue weighted by atomic mass is 10.3. The van der Waals surface area contributed by atoms with Gasteiger partial charge in [0.05, 0.1) is 0 Å². The quantitative estimate of drug-likeness (QED) is 0.651. The minimum atomic E-state index is -0.580. The van der Waals surface area contributed by atoms with Gasteiger partial charge in [0.2, 0.25) is 0 Å². The highest BCUT2D eigenvalue weighted by Gasteiger charge is 2.21. The van der Waals surface area contributed by atoms with Crippen LogP contribution in [0.4, 0.5) is 0 Å². The summed E-state index contributed by atoms with van der Waals surface area (Å²) in [7, 11) is -0.580. The van der Waals surface area contributed by atoms with Gasteiger partial charge >= 0.3 is 0 Å². The third-order valence-electron chi connectivity index (χ3n) is 2.03. The Bertz CT molecular complexity index is 134. The molecule has 0 saturated heterocycles. The van der Waals surface area contributed by atoms with Gasteiger partial charge in [-0.3, -0.25) is 4.21 Å². The molecule has 1 atom stereocenters. The maximum atomic E-state index is 11.2. The molecule has 3 heteroatoms. The summed E-state index contributed by atoms with van der Waals surface area (Å²) in [6.45, 7) is 0.676. The van der Waals surface area contributed by atoms with Crippen molar-refractivity contribution in [3.8, 4) is 0 Å². The Morgan fingerprint density at radius 3 is 2.64 bits per heavy atom. The van der Waals surface area contributed by atoms with E-state index in [4.69, 9.17) is 5.73 Å². The van der Waals surface area contributed by atoms with Crippen molar-refractivity contribution in [2.75, 3.05) is 18.1 Å². The molecule has 0 aromatic carbocycles. The first kappa shape index (κ1) is 9.20. The first-order chi connectivity index (χ1) is 5.33. The predicted molar refractivity (Wildman–Crippen MR) is 48.9 cm³/mol. The van der Waals surface area contributed by atoms with Crippen molar-refractivity contribution in [1.82, 2.24) is 0 Å². The van der Waals surface area contributed by atoms with E-state index in [1.165, 1.54) is 19.3 Å². The summed E-state index contributed by atoms with van der Waals surface area (Å²) in [5.74, 6) is 2.63. The first-order valence-electron chi connectivity index (χ1n) is 4.38. The fraction of sp³-hybridized carbons (Fsp3) is 1.00. The minimum Gasteiger partial charge on any atom is -0.330 e. The smallest absolute Gasteiger partial charge is 0.0246 e. The third kappa shape index (κ3) is 4.53. The van der Waals surface area contributed by atoms with Crippen LogP contribution in [0.15, 0.2) is 0 Å². The minimum absolute atomic E-state index is 0.580. The summed E-state index contributed by atoms with van der Waals surface area (Å²) in [5, 5.41) is 0. The average Bonchev–Trinajstić information content (AvgIpc) is 2.80. The van der Waals surface area contributed by atoms with Crippen LogP contribution in [0.5, 0.6) is 0 Å². The van der Waals surface area contributed by atoms with Crippen molar-refractivity contribution < 1.29 is 4.21 Å². The molecule has 0 aromatic rings. The lowest BCUT2D eigenvalue weighted by molar-refractivity contribution is 0.673. The average molecular weight is 175 g/mol. The molecule has 0 amide bonds. The van der Waals surface area contributed by atoms with Crippen LogP contribution >= 0.6 is 0 Å². The Labute approximate surface area is 71.0 Å². The van der Waals surface area contributed by atoms with Crippen LogP contribution in [0.25, 0.3) is 0 Å². The number of nitrogens with two attached hydrogens (primary N) is 1. The normalized spacial score (nSPS) is 20.1. The lowest BCUT2D eigenvalue weighted by Crippen LogP contribution is -2.08. The number of rotatable bonds is 6. The van der Waals surface area contributed by atoms with Gasteiger partial charge in [-0.25, -0.2) is 0 Å². The van der Waals surface area contributed by atoms with E-state index in [-0.39, 0.29) is 0 Å². The largest absolute Gasteiger partial charge is 0.330 e. The van der Waals surface area contributed by atoms with Gasteiger partial charge in [-0.1, -0.05) is 12.8 Å². The molecule has 1 fully saturated rings. The molecule has 0 bridgehead atoms. The Morgan fingerprint density at radius 2 is 2.09 bits per heavy atom. The summed E-state index contributed by atoms with van der Waals surface area (Å²) in [6, 6.07) is 0. The van der Waals surface area contributed by atoms with E-state index in [1.807, 2.05) is 0 Å². The molecule has 1 unspecified atom stereocenters. The standard InChI is InChI=1S/C8H17NOS/c9-5-1-6-11(10)7-4-8-2-3-8/h8H,1-7,9H2. The molecule has 2 N–H and O–H groups in total. The summed E-state index contributed by atoms with van der Waals surface area (Å²) in [6.07, 6.45) is 4.83. The fourth-order valence-corrected chi connectivity index (χ4v) is 2.34. The highest BCUT2D eigenvalue weighted by atomic mass is 32.2. The molecule has 0 heterocycles. The van der Waals surface area contributed by atoms with Crippen molar-refractivity contribution >= 4 is 10.8 Å². The van der Waals surface area contributed by atoms with Crippen LogP contribution < -0.4 is 5.73 Å². The summed E-state index contributed by atoms with van der Waals surface area (Å²) < 4.78 is 11.2. The van der Waals surface area contributed by atoms with Crippen molar-refractivity contribution in [3.63, 3.8) is 0 Å². The Morgan fingerprint density at radius 1 is 1.36 bits per heavy atom. The molecule has 1 rings (SSSR count). The van der Waals surface area contributed by atoms with Crippen molar-refractivity contribution in [2.24, 2.45) is 11.7 Å². The van der Waals surface area contributed by atoms with Crippen LogP contribution in [0.2, 0.25) is 0 Å².